The van der Waals surface area contributed by atoms with Crippen LogP contribution >= 0.6 is 34.8 Å². The molecule has 132 valence electrons. The molecule has 2 aromatic rings. The van der Waals surface area contributed by atoms with Gasteiger partial charge in [0.1, 0.15) is 0 Å². The van der Waals surface area contributed by atoms with E-state index in [0.717, 1.165) is 11.4 Å². The summed E-state index contributed by atoms with van der Waals surface area (Å²) in [5.74, 6) is 0. The molecular formula is C18H19Cl3N4. The van der Waals surface area contributed by atoms with Crippen molar-refractivity contribution in [2.75, 3.05) is 10.9 Å². The number of hydrazone groups is 2. The van der Waals surface area contributed by atoms with Gasteiger partial charge in [-0.1, -0.05) is 73.8 Å². The van der Waals surface area contributed by atoms with Crippen LogP contribution in [0.15, 0.2) is 52.7 Å². The van der Waals surface area contributed by atoms with Crippen LogP contribution in [0.2, 0.25) is 15.1 Å². The Labute approximate surface area is 162 Å². The predicted octanol–water partition coefficient (Wildman–Crippen LogP) is 6.56. The first-order valence-corrected chi connectivity index (χ1v) is 8.73. The molecule has 0 aliphatic heterocycles. The van der Waals surface area contributed by atoms with Crippen molar-refractivity contribution in [2.45, 2.75) is 20.8 Å². The Hall–Kier alpha value is -1.75. The van der Waals surface area contributed by atoms with Crippen molar-refractivity contribution >= 4 is 58.1 Å². The molecule has 0 amide bonds. The summed E-state index contributed by atoms with van der Waals surface area (Å²) in [4.78, 5) is 0. The molecule has 0 saturated carbocycles. The van der Waals surface area contributed by atoms with Gasteiger partial charge in [0.2, 0.25) is 0 Å². The predicted molar refractivity (Wildman–Crippen MR) is 111 cm³/mol. The number of nitrogens with zero attached hydrogens (tertiary/aromatic N) is 2. The Kier molecular flexibility index (Phi) is 6.71. The van der Waals surface area contributed by atoms with E-state index in [2.05, 4.69) is 21.1 Å². The first-order chi connectivity index (χ1) is 11.8. The summed E-state index contributed by atoms with van der Waals surface area (Å²) in [5.41, 5.74) is 7.75. The fourth-order valence-corrected chi connectivity index (χ4v) is 2.74. The maximum Gasteiger partial charge on any atom is 0.0935 e. The summed E-state index contributed by atoms with van der Waals surface area (Å²) >= 11 is 18.3. The van der Waals surface area contributed by atoms with Gasteiger partial charge in [-0.15, -0.1) is 0 Å². The summed E-state index contributed by atoms with van der Waals surface area (Å²) in [6, 6.07) is 12.9. The lowest BCUT2D eigenvalue weighted by Gasteiger charge is -2.18. The van der Waals surface area contributed by atoms with Crippen LogP contribution in [-0.4, -0.2) is 11.9 Å². The van der Waals surface area contributed by atoms with Crippen LogP contribution in [-0.2, 0) is 0 Å². The van der Waals surface area contributed by atoms with Gasteiger partial charge in [0, 0.05) is 10.4 Å². The van der Waals surface area contributed by atoms with E-state index >= 15 is 0 Å². The van der Waals surface area contributed by atoms with Gasteiger partial charge < -0.3 is 0 Å². The van der Waals surface area contributed by atoms with Crippen molar-refractivity contribution in [2.24, 2.45) is 15.6 Å². The van der Waals surface area contributed by atoms with E-state index in [9.17, 15) is 0 Å². The minimum atomic E-state index is -0.236. The number of anilines is 2. The van der Waals surface area contributed by atoms with E-state index in [-0.39, 0.29) is 5.41 Å². The third kappa shape index (κ3) is 5.92. The van der Waals surface area contributed by atoms with E-state index < -0.39 is 0 Å². The fraction of sp³-hybridized carbons (Fsp3) is 0.222. The molecule has 0 spiro atoms. The van der Waals surface area contributed by atoms with Crippen LogP contribution in [0.25, 0.3) is 0 Å². The number of halogens is 3. The van der Waals surface area contributed by atoms with Gasteiger partial charge in [-0.2, -0.15) is 10.2 Å². The van der Waals surface area contributed by atoms with Gasteiger partial charge in [-0.25, -0.2) is 0 Å². The van der Waals surface area contributed by atoms with Crippen molar-refractivity contribution in [3.05, 3.63) is 57.5 Å². The fourth-order valence-electron chi connectivity index (χ4n) is 1.84. The van der Waals surface area contributed by atoms with E-state index in [1.807, 2.05) is 51.1 Å². The van der Waals surface area contributed by atoms with Crippen molar-refractivity contribution in [3.8, 4) is 0 Å². The van der Waals surface area contributed by atoms with Crippen molar-refractivity contribution in [3.63, 3.8) is 0 Å². The second kappa shape index (κ2) is 8.56. The van der Waals surface area contributed by atoms with Gasteiger partial charge in [-0.3, -0.25) is 10.9 Å². The summed E-state index contributed by atoms with van der Waals surface area (Å²) in [6.45, 7) is 6.10. The third-order valence-electron chi connectivity index (χ3n) is 3.22. The number of benzene rings is 2. The van der Waals surface area contributed by atoms with E-state index in [0.29, 0.717) is 20.8 Å². The third-order valence-corrected chi connectivity index (χ3v) is 4.03. The topological polar surface area (TPSA) is 48.8 Å². The summed E-state index contributed by atoms with van der Waals surface area (Å²) in [7, 11) is 0. The van der Waals surface area contributed by atoms with Gasteiger partial charge >= 0.3 is 0 Å². The van der Waals surface area contributed by atoms with Gasteiger partial charge in [0.15, 0.2) is 0 Å². The Bertz CT molecular complexity index is 758. The number of hydrogen-bond donors (Lipinski definition) is 2. The molecular weight excluding hydrogens is 379 g/mol. The second-order valence-electron chi connectivity index (χ2n) is 6.34. The first-order valence-electron chi connectivity index (χ1n) is 7.60. The van der Waals surface area contributed by atoms with E-state index in [1.165, 1.54) is 0 Å². The summed E-state index contributed by atoms with van der Waals surface area (Å²) < 4.78 is 0. The first kappa shape index (κ1) is 19.6. The maximum atomic E-state index is 6.17. The van der Waals surface area contributed by atoms with Crippen LogP contribution in [0.5, 0.6) is 0 Å². The molecule has 0 aromatic heterocycles. The van der Waals surface area contributed by atoms with Crippen LogP contribution in [0.3, 0.4) is 0 Å². The highest BCUT2D eigenvalue weighted by Crippen LogP contribution is 2.33. The number of nitrogens with one attached hydrogen (secondary N) is 2. The van der Waals surface area contributed by atoms with Crippen molar-refractivity contribution in [1.29, 1.82) is 0 Å². The Balaban J connectivity index is 2.19. The number of para-hydroxylation sites is 1. The van der Waals surface area contributed by atoms with Crippen LogP contribution < -0.4 is 10.9 Å². The molecule has 4 nitrogen and oxygen atoms in total. The molecule has 2 N–H and O–H groups in total. The average Bonchev–Trinajstić information content (AvgIpc) is 2.52. The monoisotopic (exact) mass is 396 g/mol. The molecule has 7 heteroatoms. The standard InChI is InChI=1S/C18H19Cl3N4/c1-18(2,3)16(11-22-23-13-7-5-4-6-8-13)24-25-17-14(20)9-12(19)10-15(17)21/h4-11,23,25H,1-3H3/b22-11-,24-16-. The molecule has 0 aliphatic rings. The Morgan fingerprint density at radius 1 is 0.960 bits per heavy atom. The summed E-state index contributed by atoms with van der Waals surface area (Å²) in [5, 5.41) is 9.92. The van der Waals surface area contributed by atoms with E-state index in [1.54, 1.807) is 18.3 Å². The van der Waals surface area contributed by atoms with E-state index in [4.69, 9.17) is 34.8 Å². The lowest BCUT2D eigenvalue weighted by Crippen LogP contribution is -2.23. The SMILES string of the molecule is CC(C)(C)C(/C=N\Nc1ccccc1)=N\Nc1c(Cl)cc(Cl)cc1Cl. The minimum absolute atomic E-state index is 0.236. The highest BCUT2D eigenvalue weighted by atomic mass is 35.5. The molecule has 0 fully saturated rings. The molecule has 0 heterocycles. The molecule has 0 saturated heterocycles. The smallest absolute Gasteiger partial charge is 0.0935 e. The maximum absolute atomic E-state index is 6.17. The van der Waals surface area contributed by atoms with Crippen LogP contribution in [0.4, 0.5) is 11.4 Å². The Morgan fingerprint density at radius 2 is 1.56 bits per heavy atom. The zero-order chi connectivity index (χ0) is 18.4. The molecule has 0 unspecified atom stereocenters. The lowest BCUT2D eigenvalue weighted by atomic mass is 9.91. The molecule has 0 atom stereocenters. The number of hydrogen-bond acceptors (Lipinski definition) is 4. The van der Waals surface area contributed by atoms with Crippen molar-refractivity contribution < 1.29 is 0 Å². The van der Waals surface area contributed by atoms with Crippen LogP contribution in [0.1, 0.15) is 20.8 Å². The molecule has 0 aliphatic carbocycles. The van der Waals surface area contributed by atoms with Crippen molar-refractivity contribution in [1.82, 2.24) is 0 Å². The van der Waals surface area contributed by atoms with Gasteiger partial charge in [-0.05, 0) is 24.3 Å². The highest BCUT2D eigenvalue weighted by Gasteiger charge is 2.18. The quantitative estimate of drug-likeness (QED) is 0.443. The summed E-state index contributed by atoms with van der Waals surface area (Å²) in [6.07, 6.45) is 1.66. The zero-order valence-corrected chi connectivity index (χ0v) is 16.4. The molecule has 2 rings (SSSR count). The zero-order valence-electron chi connectivity index (χ0n) is 14.1. The molecule has 2 aromatic carbocycles. The second-order valence-corrected chi connectivity index (χ2v) is 7.59. The minimum Gasteiger partial charge on any atom is -0.278 e. The van der Waals surface area contributed by atoms with Gasteiger partial charge in [0.05, 0.1) is 33.3 Å². The average molecular weight is 398 g/mol. The number of rotatable bonds is 5. The highest BCUT2D eigenvalue weighted by molar-refractivity contribution is 6.41. The lowest BCUT2D eigenvalue weighted by molar-refractivity contribution is 0.597. The normalized spacial score (nSPS) is 12.5. The molecule has 0 radical (unpaired) electrons. The molecule has 25 heavy (non-hydrogen) atoms. The largest absolute Gasteiger partial charge is 0.278 e. The molecule has 0 bridgehead atoms. The van der Waals surface area contributed by atoms with Crippen LogP contribution in [0, 0.1) is 5.41 Å². The Morgan fingerprint density at radius 3 is 2.12 bits per heavy atom. The van der Waals surface area contributed by atoms with Gasteiger partial charge in [0.25, 0.3) is 0 Å².